The lowest BCUT2D eigenvalue weighted by molar-refractivity contribution is -0.139. The van der Waals surface area contributed by atoms with Gasteiger partial charge < -0.3 is 20.0 Å². The molecule has 30 heavy (non-hydrogen) atoms. The number of nitrogens with zero attached hydrogens (tertiary/aromatic N) is 2. The predicted octanol–water partition coefficient (Wildman–Crippen LogP) is 2.31. The molecule has 1 atom stereocenters. The molecule has 1 aliphatic heterocycles. The van der Waals surface area contributed by atoms with E-state index in [4.69, 9.17) is 4.42 Å². The number of nitrogens with one attached hydrogen (secondary N) is 2. The monoisotopic (exact) mass is 416 g/mol. The van der Waals surface area contributed by atoms with Crippen LogP contribution in [0, 0.1) is 5.82 Å². The van der Waals surface area contributed by atoms with Gasteiger partial charge in [-0.25, -0.2) is 4.39 Å². The van der Waals surface area contributed by atoms with Crippen molar-refractivity contribution in [2.75, 3.05) is 44.2 Å². The number of anilines is 1. The van der Waals surface area contributed by atoms with E-state index in [9.17, 15) is 14.0 Å². The number of benzene rings is 1. The first-order valence-electron chi connectivity index (χ1n) is 10.4. The molecule has 1 aliphatic rings. The molecule has 8 heteroatoms. The van der Waals surface area contributed by atoms with Gasteiger partial charge in [0.25, 0.3) is 0 Å². The lowest BCUT2D eigenvalue weighted by Gasteiger charge is -2.39. The minimum atomic E-state index is -0.646. The molecule has 1 aromatic heterocycles. The van der Waals surface area contributed by atoms with E-state index >= 15 is 0 Å². The molecule has 0 spiro atoms. The van der Waals surface area contributed by atoms with Crippen LogP contribution < -0.4 is 15.5 Å². The van der Waals surface area contributed by atoms with Crippen LogP contribution in [-0.4, -0.2) is 56.0 Å². The highest BCUT2D eigenvalue weighted by molar-refractivity contribution is 6.35. The average Bonchev–Trinajstić information content (AvgIpc) is 3.29. The lowest BCUT2D eigenvalue weighted by Crippen LogP contribution is -2.51. The van der Waals surface area contributed by atoms with Crippen molar-refractivity contribution < 1.29 is 18.4 Å². The maximum atomic E-state index is 14.1. The average molecular weight is 416 g/mol. The summed E-state index contributed by atoms with van der Waals surface area (Å²) >= 11 is 0. The van der Waals surface area contributed by atoms with Gasteiger partial charge in [-0.15, -0.1) is 0 Å². The number of carbonyl (C=O) groups excluding carboxylic acids is 2. The van der Waals surface area contributed by atoms with E-state index in [1.807, 2.05) is 24.0 Å². The van der Waals surface area contributed by atoms with Gasteiger partial charge in [0.05, 0.1) is 18.0 Å². The van der Waals surface area contributed by atoms with Crippen LogP contribution in [0.4, 0.5) is 10.1 Å². The molecule has 0 radical (unpaired) electrons. The van der Waals surface area contributed by atoms with Crippen molar-refractivity contribution in [1.29, 1.82) is 0 Å². The van der Waals surface area contributed by atoms with E-state index in [1.165, 1.54) is 6.07 Å². The summed E-state index contributed by atoms with van der Waals surface area (Å²) in [7, 11) is 0. The summed E-state index contributed by atoms with van der Waals surface area (Å²) in [4.78, 5) is 28.3. The second-order valence-electron chi connectivity index (χ2n) is 7.33. The van der Waals surface area contributed by atoms with E-state index < -0.39 is 11.8 Å². The summed E-state index contributed by atoms with van der Waals surface area (Å²) < 4.78 is 19.7. The Morgan fingerprint density at radius 1 is 1.07 bits per heavy atom. The number of carbonyl (C=O) groups is 2. The molecule has 162 valence electrons. The molecule has 2 heterocycles. The Labute approximate surface area is 176 Å². The predicted molar refractivity (Wildman–Crippen MR) is 113 cm³/mol. The van der Waals surface area contributed by atoms with E-state index in [1.54, 1.807) is 24.5 Å². The van der Waals surface area contributed by atoms with Crippen LogP contribution in [0.15, 0.2) is 47.1 Å². The van der Waals surface area contributed by atoms with Crippen molar-refractivity contribution >= 4 is 17.5 Å². The normalized spacial score (nSPS) is 15.6. The van der Waals surface area contributed by atoms with Gasteiger partial charge in [-0.3, -0.25) is 14.5 Å². The smallest absolute Gasteiger partial charge is 0.309 e. The van der Waals surface area contributed by atoms with Crippen LogP contribution in [0.1, 0.15) is 31.6 Å². The molecule has 0 aliphatic carbocycles. The molecule has 0 saturated carbocycles. The van der Waals surface area contributed by atoms with Gasteiger partial charge in [-0.1, -0.05) is 25.5 Å². The van der Waals surface area contributed by atoms with E-state index in [-0.39, 0.29) is 18.4 Å². The summed E-state index contributed by atoms with van der Waals surface area (Å²) in [6, 6.07) is 10.2. The van der Waals surface area contributed by atoms with Gasteiger partial charge in [0, 0.05) is 39.3 Å². The zero-order valence-electron chi connectivity index (χ0n) is 17.3. The van der Waals surface area contributed by atoms with Gasteiger partial charge in [-0.2, -0.15) is 0 Å². The first kappa shape index (κ1) is 21.8. The number of piperazine rings is 1. The third-order valence-electron chi connectivity index (χ3n) is 5.30. The molecule has 3 rings (SSSR count). The topological polar surface area (TPSA) is 77.8 Å². The Morgan fingerprint density at radius 3 is 2.47 bits per heavy atom. The highest BCUT2D eigenvalue weighted by atomic mass is 19.1. The molecule has 2 amide bonds. The quantitative estimate of drug-likeness (QED) is 0.510. The second kappa shape index (κ2) is 10.8. The molecule has 0 bridgehead atoms. The Bertz CT molecular complexity index is 820. The van der Waals surface area contributed by atoms with Crippen LogP contribution in [-0.2, 0) is 9.59 Å². The Kier molecular flexibility index (Phi) is 7.84. The van der Waals surface area contributed by atoms with Crippen molar-refractivity contribution in [3.05, 3.63) is 54.2 Å². The molecule has 1 aromatic carbocycles. The number of rotatable bonds is 8. The minimum absolute atomic E-state index is 0.199. The third kappa shape index (κ3) is 5.60. The Hall–Kier alpha value is -2.87. The number of hydrogen-bond donors (Lipinski definition) is 2. The molecule has 1 fully saturated rings. The fourth-order valence-corrected chi connectivity index (χ4v) is 3.60. The van der Waals surface area contributed by atoms with Crippen molar-refractivity contribution in [3.63, 3.8) is 0 Å². The van der Waals surface area contributed by atoms with Crippen molar-refractivity contribution in [2.45, 2.75) is 25.8 Å². The van der Waals surface area contributed by atoms with Crippen LogP contribution in [0.25, 0.3) is 0 Å². The summed E-state index contributed by atoms with van der Waals surface area (Å²) in [5, 5.41) is 5.34. The van der Waals surface area contributed by atoms with Gasteiger partial charge in [-0.05, 0) is 30.7 Å². The highest BCUT2D eigenvalue weighted by Gasteiger charge is 2.28. The highest BCUT2D eigenvalue weighted by Crippen LogP contribution is 2.25. The maximum absolute atomic E-state index is 14.1. The van der Waals surface area contributed by atoms with Crippen LogP contribution in [0.5, 0.6) is 0 Å². The zero-order valence-corrected chi connectivity index (χ0v) is 17.3. The van der Waals surface area contributed by atoms with Crippen LogP contribution >= 0.6 is 0 Å². The minimum Gasteiger partial charge on any atom is -0.468 e. The number of halogens is 1. The zero-order chi connectivity index (χ0) is 21.3. The Balaban J connectivity index is 1.58. The van der Waals surface area contributed by atoms with Crippen molar-refractivity contribution in [1.82, 2.24) is 15.5 Å². The van der Waals surface area contributed by atoms with Crippen molar-refractivity contribution in [2.24, 2.45) is 0 Å². The number of furan rings is 1. The molecule has 2 N–H and O–H groups in total. The summed E-state index contributed by atoms with van der Waals surface area (Å²) in [6.07, 6.45) is 3.37. The standard InChI is InChI=1S/C22H29FN4O3/c1-2-3-10-24-21(28)22(29)25-16-19(20-9-6-15-30-20)27-13-11-26(12-14-27)18-8-5-4-7-17(18)23/h4-9,15,19H,2-3,10-14,16H2,1H3,(H,24,28)(H,25,29)/t19-/m1/s1. The molecule has 7 nitrogen and oxygen atoms in total. The SMILES string of the molecule is CCCCNC(=O)C(=O)NC[C@H](c1ccco1)N1CCN(c2ccccc2F)CC1. The van der Waals surface area contributed by atoms with E-state index in [0.717, 1.165) is 18.6 Å². The number of unbranched alkanes of at least 4 members (excludes halogenated alkanes) is 1. The van der Waals surface area contributed by atoms with Gasteiger partial charge in [0.2, 0.25) is 0 Å². The van der Waals surface area contributed by atoms with Crippen LogP contribution in [0.2, 0.25) is 0 Å². The van der Waals surface area contributed by atoms with Crippen molar-refractivity contribution in [3.8, 4) is 0 Å². The number of para-hydroxylation sites is 1. The lowest BCUT2D eigenvalue weighted by atomic mass is 10.1. The molecule has 2 aromatic rings. The fourth-order valence-electron chi connectivity index (χ4n) is 3.60. The number of hydrogen-bond acceptors (Lipinski definition) is 5. The molecular formula is C22H29FN4O3. The van der Waals surface area contributed by atoms with E-state index in [0.29, 0.717) is 38.4 Å². The fraction of sp³-hybridized carbons (Fsp3) is 0.455. The number of amides is 2. The Morgan fingerprint density at radius 2 is 1.80 bits per heavy atom. The van der Waals surface area contributed by atoms with Gasteiger partial charge >= 0.3 is 11.8 Å². The third-order valence-corrected chi connectivity index (χ3v) is 5.30. The largest absolute Gasteiger partial charge is 0.468 e. The molecule has 1 saturated heterocycles. The second-order valence-corrected chi connectivity index (χ2v) is 7.33. The maximum Gasteiger partial charge on any atom is 0.309 e. The first-order valence-corrected chi connectivity index (χ1v) is 10.4. The van der Waals surface area contributed by atoms with E-state index in [2.05, 4.69) is 15.5 Å². The van der Waals surface area contributed by atoms with Gasteiger partial charge in [0.15, 0.2) is 0 Å². The van der Waals surface area contributed by atoms with Gasteiger partial charge in [0.1, 0.15) is 11.6 Å². The molecular weight excluding hydrogens is 387 g/mol. The first-order chi connectivity index (χ1) is 14.6. The summed E-state index contributed by atoms with van der Waals surface area (Å²) in [6.45, 7) is 5.44. The van der Waals surface area contributed by atoms with Crippen LogP contribution in [0.3, 0.4) is 0 Å². The summed E-state index contributed by atoms with van der Waals surface area (Å²) in [5.74, 6) is -0.769. The summed E-state index contributed by atoms with van der Waals surface area (Å²) in [5.41, 5.74) is 0.601. The molecule has 0 unspecified atom stereocenters.